The van der Waals surface area contributed by atoms with Crippen LogP contribution in [-0.2, 0) is 14.8 Å². The van der Waals surface area contributed by atoms with E-state index in [1.165, 1.54) is 13.2 Å². The normalized spacial score (nSPS) is 13.7. The Bertz CT molecular complexity index is 1310. The summed E-state index contributed by atoms with van der Waals surface area (Å²) in [5.74, 6) is 0.486. The van der Waals surface area contributed by atoms with Gasteiger partial charge in [0.05, 0.1) is 18.5 Å². The quantitative estimate of drug-likeness (QED) is 0.397. The molecule has 0 spiro atoms. The topological polar surface area (TPSA) is 97.0 Å². The number of methoxy groups -OCH3 is 1. The van der Waals surface area contributed by atoms with E-state index in [1.807, 2.05) is 0 Å². The monoisotopic (exact) mass is 529 g/mol. The summed E-state index contributed by atoms with van der Waals surface area (Å²) in [6, 6.07) is 18.4. The number of carbonyl (C=O) groups excluding carboxylic acids is 1. The van der Waals surface area contributed by atoms with E-state index in [0.29, 0.717) is 33.6 Å². The Morgan fingerprint density at radius 2 is 1.72 bits per heavy atom. The first kappa shape index (κ1) is 25.7. The lowest BCUT2D eigenvalue weighted by molar-refractivity contribution is -0.118. The van der Waals surface area contributed by atoms with Crippen LogP contribution in [0.2, 0.25) is 5.02 Å². The molecule has 0 aromatic heterocycles. The second kappa shape index (κ2) is 11.5. The Labute approximate surface area is 216 Å². The van der Waals surface area contributed by atoms with Gasteiger partial charge in [0.25, 0.3) is 15.9 Å². The van der Waals surface area contributed by atoms with Gasteiger partial charge in [0, 0.05) is 23.8 Å². The van der Waals surface area contributed by atoms with Crippen LogP contribution in [0.5, 0.6) is 11.5 Å². The third-order valence-electron chi connectivity index (χ3n) is 5.76. The fourth-order valence-electron chi connectivity index (χ4n) is 4.01. The Morgan fingerprint density at radius 1 is 1.00 bits per heavy atom. The Morgan fingerprint density at radius 3 is 2.44 bits per heavy atom. The second-order valence-corrected chi connectivity index (χ2v) is 10.4. The molecule has 10 heteroatoms. The maximum atomic E-state index is 13.6. The summed E-state index contributed by atoms with van der Waals surface area (Å²) in [6.45, 7) is 1.28. The number of sulfonamides is 1. The van der Waals surface area contributed by atoms with Crippen LogP contribution in [0.3, 0.4) is 0 Å². The average molecular weight is 530 g/mol. The second-order valence-electron chi connectivity index (χ2n) is 8.33. The van der Waals surface area contributed by atoms with Crippen molar-refractivity contribution in [2.75, 3.05) is 41.7 Å². The van der Waals surface area contributed by atoms with Gasteiger partial charge in [-0.3, -0.25) is 9.52 Å². The van der Waals surface area contributed by atoms with Crippen molar-refractivity contribution in [3.05, 3.63) is 71.8 Å². The van der Waals surface area contributed by atoms with Gasteiger partial charge in [-0.1, -0.05) is 23.7 Å². The molecule has 3 aromatic carbocycles. The summed E-state index contributed by atoms with van der Waals surface area (Å²) in [5.41, 5.74) is 1.27. The van der Waals surface area contributed by atoms with Crippen molar-refractivity contribution in [1.29, 1.82) is 0 Å². The molecule has 1 aliphatic rings. The molecule has 1 heterocycles. The van der Waals surface area contributed by atoms with Crippen LogP contribution in [0, 0.1) is 0 Å². The smallest absolute Gasteiger partial charge is 0.264 e. The third kappa shape index (κ3) is 6.41. The van der Waals surface area contributed by atoms with Gasteiger partial charge in [0.2, 0.25) is 0 Å². The maximum Gasteiger partial charge on any atom is 0.264 e. The lowest BCUT2D eigenvalue weighted by Gasteiger charge is -2.30. The van der Waals surface area contributed by atoms with E-state index in [0.717, 1.165) is 32.4 Å². The summed E-state index contributed by atoms with van der Waals surface area (Å²) < 4.78 is 40.6. The number of benzene rings is 3. The molecular weight excluding hydrogens is 502 g/mol. The molecule has 1 aliphatic heterocycles. The number of amides is 1. The summed E-state index contributed by atoms with van der Waals surface area (Å²) in [4.78, 5) is 14.7. The number of ether oxygens (including phenoxy) is 2. The number of rotatable bonds is 9. The lowest BCUT2D eigenvalue weighted by Crippen LogP contribution is -2.31. The van der Waals surface area contributed by atoms with Crippen molar-refractivity contribution in [3.8, 4) is 11.5 Å². The maximum absolute atomic E-state index is 13.6. The molecule has 0 atom stereocenters. The molecule has 0 saturated carbocycles. The van der Waals surface area contributed by atoms with Gasteiger partial charge in [-0.15, -0.1) is 0 Å². The van der Waals surface area contributed by atoms with Gasteiger partial charge in [-0.05, 0) is 73.9 Å². The van der Waals surface area contributed by atoms with Crippen LogP contribution < -0.4 is 24.4 Å². The first-order valence-electron chi connectivity index (χ1n) is 11.6. The van der Waals surface area contributed by atoms with Gasteiger partial charge in [-0.2, -0.15) is 0 Å². The molecule has 36 heavy (non-hydrogen) atoms. The van der Waals surface area contributed by atoms with Gasteiger partial charge < -0.3 is 19.7 Å². The predicted octanol–water partition coefficient (Wildman–Crippen LogP) is 5.16. The average Bonchev–Trinajstić information content (AvgIpc) is 2.89. The highest BCUT2D eigenvalue weighted by Crippen LogP contribution is 2.33. The van der Waals surface area contributed by atoms with Gasteiger partial charge >= 0.3 is 0 Å². The van der Waals surface area contributed by atoms with E-state index in [2.05, 4.69) is 14.9 Å². The van der Waals surface area contributed by atoms with E-state index in [1.54, 1.807) is 60.7 Å². The summed E-state index contributed by atoms with van der Waals surface area (Å²) in [7, 11) is -2.53. The fraction of sp³-hybridized carbons (Fsp3) is 0.269. The number of anilines is 3. The number of para-hydroxylation sites is 2. The van der Waals surface area contributed by atoms with Gasteiger partial charge in [0.1, 0.15) is 16.4 Å². The minimum absolute atomic E-state index is 0.0757. The first-order valence-corrected chi connectivity index (χ1v) is 13.4. The van der Waals surface area contributed by atoms with Crippen LogP contribution in [0.1, 0.15) is 19.3 Å². The summed E-state index contributed by atoms with van der Waals surface area (Å²) in [6.07, 6.45) is 3.08. The van der Waals surface area contributed by atoms with Crippen molar-refractivity contribution >= 4 is 44.6 Å². The molecule has 190 valence electrons. The number of nitrogens with zero attached hydrogens (tertiary/aromatic N) is 1. The number of halogens is 1. The molecule has 1 fully saturated rings. The van der Waals surface area contributed by atoms with Crippen molar-refractivity contribution in [2.24, 2.45) is 0 Å². The van der Waals surface area contributed by atoms with E-state index in [4.69, 9.17) is 21.1 Å². The Kier molecular flexibility index (Phi) is 8.22. The summed E-state index contributed by atoms with van der Waals surface area (Å²) >= 11 is 5.87. The molecule has 0 bridgehead atoms. The lowest BCUT2D eigenvalue weighted by atomic mass is 10.1. The van der Waals surface area contributed by atoms with E-state index in [-0.39, 0.29) is 11.5 Å². The standard InChI is InChI=1S/C26H28ClN3O5S/c1-34-24-8-4-3-7-22(24)29-36(32,33)25-17-20(11-14-23(25)30-15-5-2-6-16-30)28-26(31)18-35-21-12-9-19(27)10-13-21/h3-4,7-14,17,29H,2,5-6,15-16,18H2,1H3,(H,28,31). The van der Waals surface area contributed by atoms with E-state index >= 15 is 0 Å². The number of hydrogen-bond acceptors (Lipinski definition) is 6. The van der Waals surface area contributed by atoms with E-state index in [9.17, 15) is 13.2 Å². The molecule has 2 N–H and O–H groups in total. The zero-order valence-electron chi connectivity index (χ0n) is 19.9. The molecule has 3 aromatic rings. The SMILES string of the molecule is COc1ccccc1NS(=O)(=O)c1cc(NC(=O)COc2ccc(Cl)cc2)ccc1N1CCCCC1. The zero-order valence-corrected chi connectivity index (χ0v) is 21.4. The minimum Gasteiger partial charge on any atom is -0.495 e. The number of piperidine rings is 1. The number of nitrogens with one attached hydrogen (secondary N) is 2. The van der Waals surface area contributed by atoms with Crippen molar-refractivity contribution < 1.29 is 22.7 Å². The molecule has 1 amide bonds. The van der Waals surface area contributed by atoms with Gasteiger partial charge in [0.15, 0.2) is 6.61 Å². The van der Waals surface area contributed by atoms with Crippen molar-refractivity contribution in [1.82, 2.24) is 0 Å². The number of carbonyl (C=O) groups is 1. The summed E-state index contributed by atoms with van der Waals surface area (Å²) in [5, 5.41) is 3.29. The highest BCUT2D eigenvalue weighted by Gasteiger charge is 2.25. The molecule has 0 aliphatic carbocycles. The molecule has 4 rings (SSSR count). The van der Waals surface area contributed by atoms with Crippen LogP contribution in [0.15, 0.2) is 71.6 Å². The van der Waals surface area contributed by atoms with Crippen LogP contribution in [0.25, 0.3) is 0 Å². The molecule has 0 unspecified atom stereocenters. The van der Waals surface area contributed by atoms with Crippen molar-refractivity contribution in [2.45, 2.75) is 24.2 Å². The van der Waals surface area contributed by atoms with Crippen molar-refractivity contribution in [3.63, 3.8) is 0 Å². The fourth-order valence-corrected chi connectivity index (χ4v) is 5.46. The minimum atomic E-state index is -4.01. The first-order chi connectivity index (χ1) is 17.4. The van der Waals surface area contributed by atoms with Crippen LogP contribution in [0.4, 0.5) is 17.1 Å². The van der Waals surface area contributed by atoms with E-state index < -0.39 is 15.9 Å². The van der Waals surface area contributed by atoms with Crippen LogP contribution in [-0.4, -0.2) is 41.1 Å². The zero-order chi connectivity index (χ0) is 25.5. The van der Waals surface area contributed by atoms with Gasteiger partial charge in [-0.25, -0.2) is 8.42 Å². The van der Waals surface area contributed by atoms with Crippen LogP contribution >= 0.6 is 11.6 Å². The molecular formula is C26H28ClN3O5S. The third-order valence-corrected chi connectivity index (χ3v) is 7.41. The largest absolute Gasteiger partial charge is 0.495 e. The molecule has 0 radical (unpaired) electrons. The highest BCUT2D eigenvalue weighted by molar-refractivity contribution is 7.93. The Balaban J connectivity index is 1.58. The number of hydrogen-bond donors (Lipinski definition) is 2. The molecule has 1 saturated heterocycles. The highest BCUT2D eigenvalue weighted by atomic mass is 35.5. The molecule has 8 nitrogen and oxygen atoms in total. The Hall–Kier alpha value is -3.43. The predicted molar refractivity (Wildman–Crippen MR) is 142 cm³/mol.